The first-order valence-corrected chi connectivity index (χ1v) is 7.94. The second-order valence-corrected chi connectivity index (χ2v) is 5.48. The SMILES string of the molecule is CCOc1ccc(C(=O)NCCOc2ccc(Cl)cc2)cc1Cl. The van der Waals surface area contributed by atoms with Crippen LogP contribution >= 0.6 is 23.2 Å². The summed E-state index contributed by atoms with van der Waals surface area (Å²) in [4.78, 5) is 12.0. The number of benzene rings is 2. The van der Waals surface area contributed by atoms with E-state index in [1.807, 2.05) is 6.92 Å². The molecule has 0 saturated carbocycles. The molecular formula is C17H17Cl2NO3. The van der Waals surface area contributed by atoms with Crippen molar-refractivity contribution < 1.29 is 14.3 Å². The smallest absolute Gasteiger partial charge is 0.251 e. The molecule has 6 heteroatoms. The molecule has 2 aromatic rings. The fourth-order valence-corrected chi connectivity index (χ4v) is 2.24. The first-order valence-electron chi connectivity index (χ1n) is 7.19. The molecule has 0 unspecified atom stereocenters. The van der Waals surface area contributed by atoms with Crippen LogP contribution in [-0.4, -0.2) is 25.7 Å². The highest BCUT2D eigenvalue weighted by Crippen LogP contribution is 2.25. The number of halogens is 2. The average molecular weight is 354 g/mol. The minimum atomic E-state index is -0.213. The Kier molecular flexibility index (Phi) is 6.56. The van der Waals surface area contributed by atoms with Crippen molar-refractivity contribution >= 4 is 29.1 Å². The van der Waals surface area contributed by atoms with Crippen LogP contribution in [0.15, 0.2) is 42.5 Å². The molecule has 1 amide bonds. The van der Waals surface area contributed by atoms with E-state index in [0.717, 1.165) is 0 Å². The number of hydrogen-bond donors (Lipinski definition) is 1. The van der Waals surface area contributed by atoms with Gasteiger partial charge in [0, 0.05) is 10.6 Å². The lowest BCUT2D eigenvalue weighted by Crippen LogP contribution is -2.28. The normalized spacial score (nSPS) is 10.2. The van der Waals surface area contributed by atoms with E-state index in [1.165, 1.54) is 0 Å². The van der Waals surface area contributed by atoms with Crippen LogP contribution in [0.4, 0.5) is 0 Å². The van der Waals surface area contributed by atoms with E-state index in [2.05, 4.69) is 5.32 Å². The highest BCUT2D eigenvalue weighted by molar-refractivity contribution is 6.32. The van der Waals surface area contributed by atoms with E-state index in [-0.39, 0.29) is 5.91 Å². The Bertz CT molecular complexity index is 659. The molecule has 0 aromatic heterocycles. The molecule has 0 aliphatic rings. The Morgan fingerprint density at radius 3 is 2.48 bits per heavy atom. The van der Waals surface area contributed by atoms with Crippen molar-refractivity contribution in [2.45, 2.75) is 6.92 Å². The van der Waals surface area contributed by atoms with Crippen LogP contribution in [0.1, 0.15) is 17.3 Å². The van der Waals surface area contributed by atoms with Gasteiger partial charge in [-0.15, -0.1) is 0 Å². The summed E-state index contributed by atoms with van der Waals surface area (Å²) in [6.45, 7) is 3.13. The molecule has 0 bridgehead atoms. The number of carbonyl (C=O) groups excluding carboxylic acids is 1. The van der Waals surface area contributed by atoms with Crippen LogP contribution in [0.25, 0.3) is 0 Å². The highest BCUT2D eigenvalue weighted by atomic mass is 35.5. The van der Waals surface area contributed by atoms with Gasteiger partial charge in [-0.1, -0.05) is 23.2 Å². The molecule has 23 heavy (non-hydrogen) atoms. The summed E-state index contributed by atoms with van der Waals surface area (Å²) in [6.07, 6.45) is 0. The lowest BCUT2D eigenvalue weighted by molar-refractivity contribution is 0.0947. The summed E-state index contributed by atoms with van der Waals surface area (Å²) >= 11 is 11.9. The highest BCUT2D eigenvalue weighted by Gasteiger charge is 2.09. The lowest BCUT2D eigenvalue weighted by Gasteiger charge is -2.09. The van der Waals surface area contributed by atoms with Gasteiger partial charge in [0.15, 0.2) is 0 Å². The zero-order chi connectivity index (χ0) is 16.7. The summed E-state index contributed by atoms with van der Waals surface area (Å²) in [5.41, 5.74) is 0.477. The number of carbonyl (C=O) groups is 1. The molecule has 0 atom stereocenters. The zero-order valence-corrected chi connectivity index (χ0v) is 14.2. The quantitative estimate of drug-likeness (QED) is 0.758. The summed E-state index contributed by atoms with van der Waals surface area (Å²) < 4.78 is 10.8. The molecular weight excluding hydrogens is 337 g/mol. The molecule has 0 aliphatic heterocycles. The lowest BCUT2D eigenvalue weighted by atomic mass is 10.2. The van der Waals surface area contributed by atoms with Crippen LogP contribution in [0, 0.1) is 0 Å². The van der Waals surface area contributed by atoms with Gasteiger partial charge in [0.1, 0.15) is 18.1 Å². The maximum Gasteiger partial charge on any atom is 0.251 e. The Balaban J connectivity index is 1.80. The van der Waals surface area contributed by atoms with Crippen LogP contribution in [0.2, 0.25) is 10.0 Å². The summed E-state index contributed by atoms with van der Waals surface area (Å²) in [5.74, 6) is 1.05. The van der Waals surface area contributed by atoms with E-state index in [1.54, 1.807) is 42.5 Å². The standard InChI is InChI=1S/C17H17Cl2NO3/c1-2-22-16-8-3-12(11-15(16)19)17(21)20-9-10-23-14-6-4-13(18)5-7-14/h3-8,11H,2,9-10H2,1H3,(H,20,21). The first-order chi connectivity index (χ1) is 11.1. The Morgan fingerprint density at radius 2 is 1.83 bits per heavy atom. The van der Waals surface area contributed by atoms with Crippen LogP contribution < -0.4 is 14.8 Å². The number of hydrogen-bond acceptors (Lipinski definition) is 3. The maximum atomic E-state index is 12.0. The average Bonchev–Trinajstić information content (AvgIpc) is 2.55. The van der Waals surface area contributed by atoms with Crippen molar-refractivity contribution in [2.24, 2.45) is 0 Å². The number of amides is 1. The second kappa shape index (κ2) is 8.65. The molecule has 0 fully saturated rings. The zero-order valence-electron chi connectivity index (χ0n) is 12.6. The number of ether oxygens (including phenoxy) is 2. The van der Waals surface area contributed by atoms with Crippen molar-refractivity contribution in [3.05, 3.63) is 58.1 Å². The van der Waals surface area contributed by atoms with Crippen LogP contribution in [0.3, 0.4) is 0 Å². The molecule has 0 aliphatic carbocycles. The van der Waals surface area contributed by atoms with Gasteiger partial charge in [0.05, 0.1) is 18.2 Å². The van der Waals surface area contributed by atoms with Crippen molar-refractivity contribution in [1.29, 1.82) is 0 Å². The fourth-order valence-electron chi connectivity index (χ4n) is 1.88. The molecule has 1 N–H and O–H groups in total. The third-order valence-corrected chi connectivity index (χ3v) is 3.51. The van der Waals surface area contributed by atoms with Crippen LogP contribution in [-0.2, 0) is 0 Å². The van der Waals surface area contributed by atoms with Gasteiger partial charge < -0.3 is 14.8 Å². The number of nitrogens with one attached hydrogen (secondary N) is 1. The third-order valence-electron chi connectivity index (χ3n) is 2.96. The van der Waals surface area contributed by atoms with Gasteiger partial charge in [-0.25, -0.2) is 0 Å². The Labute approximate surface area is 145 Å². The fraction of sp³-hybridized carbons (Fsp3) is 0.235. The maximum absolute atomic E-state index is 12.0. The van der Waals surface area contributed by atoms with Crippen molar-refractivity contribution in [1.82, 2.24) is 5.32 Å². The predicted molar refractivity (Wildman–Crippen MR) is 91.9 cm³/mol. The van der Waals surface area contributed by atoms with Gasteiger partial charge >= 0.3 is 0 Å². The summed E-state index contributed by atoms with van der Waals surface area (Å²) in [5, 5.41) is 3.83. The molecule has 0 radical (unpaired) electrons. The molecule has 0 heterocycles. The van der Waals surface area contributed by atoms with Crippen molar-refractivity contribution in [3.8, 4) is 11.5 Å². The van der Waals surface area contributed by atoms with E-state index >= 15 is 0 Å². The van der Waals surface area contributed by atoms with E-state index in [9.17, 15) is 4.79 Å². The van der Waals surface area contributed by atoms with Gasteiger partial charge in [0.2, 0.25) is 0 Å². The minimum Gasteiger partial charge on any atom is -0.492 e. The van der Waals surface area contributed by atoms with E-state index in [0.29, 0.717) is 46.9 Å². The third kappa shape index (κ3) is 5.34. The second-order valence-electron chi connectivity index (χ2n) is 4.64. The largest absolute Gasteiger partial charge is 0.492 e. The molecule has 4 nitrogen and oxygen atoms in total. The monoisotopic (exact) mass is 353 g/mol. The van der Waals surface area contributed by atoms with Gasteiger partial charge in [0.25, 0.3) is 5.91 Å². The van der Waals surface area contributed by atoms with E-state index < -0.39 is 0 Å². The Hall–Kier alpha value is -1.91. The molecule has 0 saturated heterocycles. The topological polar surface area (TPSA) is 47.6 Å². The first kappa shape index (κ1) is 17.4. The Morgan fingerprint density at radius 1 is 1.09 bits per heavy atom. The van der Waals surface area contributed by atoms with Crippen molar-refractivity contribution in [2.75, 3.05) is 19.8 Å². The van der Waals surface area contributed by atoms with Gasteiger partial charge in [-0.05, 0) is 49.4 Å². The van der Waals surface area contributed by atoms with E-state index in [4.69, 9.17) is 32.7 Å². The molecule has 0 spiro atoms. The molecule has 2 aromatic carbocycles. The van der Waals surface area contributed by atoms with Crippen LogP contribution in [0.5, 0.6) is 11.5 Å². The summed E-state index contributed by atoms with van der Waals surface area (Å²) in [6, 6.07) is 12.0. The molecule has 122 valence electrons. The number of rotatable bonds is 7. The van der Waals surface area contributed by atoms with Gasteiger partial charge in [-0.2, -0.15) is 0 Å². The van der Waals surface area contributed by atoms with Gasteiger partial charge in [-0.3, -0.25) is 4.79 Å². The summed E-state index contributed by atoms with van der Waals surface area (Å²) in [7, 11) is 0. The molecule has 2 rings (SSSR count). The predicted octanol–water partition coefficient (Wildman–Crippen LogP) is 4.20. The van der Waals surface area contributed by atoms with Crippen molar-refractivity contribution in [3.63, 3.8) is 0 Å². The minimum absolute atomic E-state index is 0.213.